The van der Waals surface area contributed by atoms with Gasteiger partial charge in [-0.25, -0.2) is 0 Å². The molecule has 0 radical (unpaired) electrons. The Labute approximate surface area is 88.9 Å². The van der Waals surface area contributed by atoms with Crippen molar-refractivity contribution in [2.24, 2.45) is 0 Å². The summed E-state index contributed by atoms with van der Waals surface area (Å²) in [6, 6.07) is 0. The van der Waals surface area contributed by atoms with E-state index < -0.39 is 0 Å². The Hall–Kier alpha value is -1.32. The van der Waals surface area contributed by atoms with Gasteiger partial charge in [0.05, 0.1) is 6.54 Å². The summed E-state index contributed by atoms with van der Waals surface area (Å²) in [6.07, 6.45) is 1.64. The van der Waals surface area contributed by atoms with Crippen LogP contribution < -0.4 is 0 Å². The predicted molar refractivity (Wildman–Crippen MR) is 54.1 cm³/mol. The smallest absolute Gasteiger partial charge is 0.204 e. The summed E-state index contributed by atoms with van der Waals surface area (Å²) in [4.78, 5) is 25.3. The molecule has 0 aromatic carbocycles. The number of likely N-dealkylation sites (N-methyl/N-ethyl adjacent to an activating group) is 1. The average molecular weight is 209 g/mol. The fourth-order valence-corrected chi connectivity index (χ4v) is 2.03. The van der Waals surface area contributed by atoms with Gasteiger partial charge in [-0.15, -0.1) is 0 Å². The number of nitrogens with zero attached hydrogens (tertiary/aromatic N) is 1. The molecule has 2 rings (SSSR count). The topological polar surface area (TPSA) is 46.6 Å². The summed E-state index contributed by atoms with van der Waals surface area (Å²) in [5.41, 5.74) is 0.306. The lowest BCUT2D eigenvalue weighted by atomic mass is 9.92. The van der Waals surface area contributed by atoms with E-state index in [2.05, 4.69) is 0 Å². The zero-order valence-corrected chi connectivity index (χ0v) is 8.91. The molecule has 4 heteroatoms. The Morgan fingerprint density at radius 2 is 1.93 bits per heavy atom. The molecule has 1 aliphatic carbocycles. The van der Waals surface area contributed by atoms with Crippen molar-refractivity contribution < 1.29 is 14.3 Å². The summed E-state index contributed by atoms with van der Waals surface area (Å²) < 4.78 is 5.40. The lowest BCUT2D eigenvalue weighted by Crippen LogP contribution is -2.27. The summed E-state index contributed by atoms with van der Waals surface area (Å²) in [6.45, 7) is 4.12. The predicted octanol–water partition coefficient (Wildman–Crippen LogP) is 0.872. The third-order valence-corrected chi connectivity index (χ3v) is 2.85. The van der Waals surface area contributed by atoms with Crippen molar-refractivity contribution >= 4 is 11.6 Å². The lowest BCUT2D eigenvalue weighted by molar-refractivity contribution is -0.124. The summed E-state index contributed by atoms with van der Waals surface area (Å²) in [5, 5.41) is 0. The summed E-state index contributed by atoms with van der Waals surface area (Å²) in [7, 11) is 0. The van der Waals surface area contributed by atoms with E-state index in [-0.39, 0.29) is 11.6 Å². The van der Waals surface area contributed by atoms with Crippen LogP contribution in [0.5, 0.6) is 0 Å². The molecule has 2 fully saturated rings. The number of hydrogen-bond acceptors (Lipinski definition) is 4. The van der Waals surface area contributed by atoms with Gasteiger partial charge >= 0.3 is 0 Å². The van der Waals surface area contributed by atoms with Crippen molar-refractivity contribution in [1.82, 2.24) is 4.90 Å². The molecule has 1 saturated carbocycles. The van der Waals surface area contributed by atoms with Crippen molar-refractivity contribution in [2.75, 3.05) is 19.7 Å². The first-order valence-electron chi connectivity index (χ1n) is 5.42. The van der Waals surface area contributed by atoms with Crippen LogP contribution in [0.25, 0.3) is 0 Å². The SMILES string of the molecule is CCN1CCOC1=C1C(=O)CCCC1=O. The van der Waals surface area contributed by atoms with Crippen LogP contribution in [-0.4, -0.2) is 36.2 Å². The van der Waals surface area contributed by atoms with Gasteiger partial charge in [-0.2, -0.15) is 0 Å². The van der Waals surface area contributed by atoms with E-state index in [1.54, 1.807) is 0 Å². The number of rotatable bonds is 1. The first-order valence-corrected chi connectivity index (χ1v) is 5.42. The minimum atomic E-state index is -0.0541. The Balaban J connectivity index is 2.35. The van der Waals surface area contributed by atoms with Crippen molar-refractivity contribution in [2.45, 2.75) is 26.2 Å². The standard InChI is InChI=1S/C11H15NO3/c1-2-12-6-7-15-11(12)10-8(13)4-3-5-9(10)14/h2-7H2,1H3. The van der Waals surface area contributed by atoms with Gasteiger partial charge in [-0.05, 0) is 13.3 Å². The van der Waals surface area contributed by atoms with E-state index in [4.69, 9.17) is 4.74 Å². The zero-order chi connectivity index (χ0) is 10.8. The van der Waals surface area contributed by atoms with Crippen molar-refractivity contribution in [1.29, 1.82) is 0 Å². The van der Waals surface area contributed by atoms with Gasteiger partial charge in [0.2, 0.25) is 5.88 Å². The second-order valence-electron chi connectivity index (χ2n) is 3.81. The summed E-state index contributed by atoms with van der Waals surface area (Å²) in [5.74, 6) is 0.412. The number of hydrogen-bond donors (Lipinski definition) is 0. The molecule has 1 saturated heterocycles. The first-order chi connectivity index (χ1) is 7.24. The van der Waals surface area contributed by atoms with E-state index in [0.29, 0.717) is 37.3 Å². The van der Waals surface area contributed by atoms with Gasteiger partial charge in [0, 0.05) is 19.4 Å². The maximum atomic E-state index is 11.7. The van der Waals surface area contributed by atoms with Crippen LogP contribution in [0.3, 0.4) is 0 Å². The van der Waals surface area contributed by atoms with Gasteiger partial charge in [0.15, 0.2) is 11.6 Å². The van der Waals surface area contributed by atoms with E-state index in [1.807, 2.05) is 11.8 Å². The third kappa shape index (κ3) is 1.76. The molecule has 2 aliphatic rings. The molecule has 0 atom stereocenters. The molecule has 4 nitrogen and oxygen atoms in total. The molecule has 0 bridgehead atoms. The van der Waals surface area contributed by atoms with Gasteiger partial charge in [-0.1, -0.05) is 0 Å². The molecule has 0 spiro atoms. The summed E-state index contributed by atoms with van der Waals surface area (Å²) >= 11 is 0. The second kappa shape index (κ2) is 4.04. The highest BCUT2D eigenvalue weighted by Crippen LogP contribution is 2.25. The van der Waals surface area contributed by atoms with E-state index in [9.17, 15) is 9.59 Å². The molecule has 0 aromatic rings. The number of Topliss-reactive ketones (excluding diaryl/α,β-unsaturated/α-hetero) is 2. The molecular formula is C11H15NO3. The Morgan fingerprint density at radius 1 is 1.27 bits per heavy atom. The molecule has 0 amide bonds. The molecule has 0 N–H and O–H groups in total. The normalized spacial score (nSPS) is 22.3. The number of ether oxygens (including phenoxy) is 1. The van der Waals surface area contributed by atoms with Gasteiger partial charge in [-0.3, -0.25) is 9.59 Å². The maximum Gasteiger partial charge on any atom is 0.204 e. The Bertz CT molecular complexity index is 315. The van der Waals surface area contributed by atoms with Crippen LogP contribution in [0.15, 0.2) is 11.5 Å². The minimum absolute atomic E-state index is 0.0541. The quantitative estimate of drug-likeness (QED) is 0.475. The van der Waals surface area contributed by atoms with E-state index >= 15 is 0 Å². The van der Waals surface area contributed by atoms with Crippen molar-refractivity contribution in [3.63, 3.8) is 0 Å². The van der Waals surface area contributed by atoms with Crippen LogP contribution in [0.4, 0.5) is 0 Å². The average Bonchev–Trinajstić information content (AvgIpc) is 2.65. The van der Waals surface area contributed by atoms with Crippen molar-refractivity contribution in [3.05, 3.63) is 11.5 Å². The van der Waals surface area contributed by atoms with Crippen LogP contribution in [-0.2, 0) is 14.3 Å². The largest absolute Gasteiger partial charge is 0.477 e. The second-order valence-corrected chi connectivity index (χ2v) is 3.81. The monoisotopic (exact) mass is 209 g/mol. The van der Waals surface area contributed by atoms with Gasteiger partial charge in [0.1, 0.15) is 12.2 Å². The highest BCUT2D eigenvalue weighted by molar-refractivity contribution is 6.22. The fourth-order valence-electron chi connectivity index (χ4n) is 2.03. The molecule has 82 valence electrons. The van der Waals surface area contributed by atoms with Crippen LogP contribution >= 0.6 is 0 Å². The molecule has 1 aliphatic heterocycles. The highest BCUT2D eigenvalue weighted by Gasteiger charge is 2.32. The Kier molecular flexibility index (Phi) is 2.75. The Morgan fingerprint density at radius 3 is 2.53 bits per heavy atom. The highest BCUT2D eigenvalue weighted by atomic mass is 16.5. The maximum absolute atomic E-state index is 11.7. The van der Waals surface area contributed by atoms with Crippen LogP contribution in [0.1, 0.15) is 26.2 Å². The van der Waals surface area contributed by atoms with E-state index in [0.717, 1.165) is 13.1 Å². The molecule has 15 heavy (non-hydrogen) atoms. The van der Waals surface area contributed by atoms with Gasteiger partial charge in [0.25, 0.3) is 0 Å². The van der Waals surface area contributed by atoms with Crippen LogP contribution in [0, 0.1) is 0 Å². The van der Waals surface area contributed by atoms with E-state index in [1.165, 1.54) is 0 Å². The van der Waals surface area contributed by atoms with Gasteiger partial charge < -0.3 is 9.64 Å². The molecular weight excluding hydrogens is 194 g/mol. The zero-order valence-electron chi connectivity index (χ0n) is 8.91. The number of carbonyl (C=O) groups is 2. The number of carbonyl (C=O) groups excluding carboxylic acids is 2. The van der Waals surface area contributed by atoms with Crippen LogP contribution in [0.2, 0.25) is 0 Å². The molecule has 1 heterocycles. The number of allylic oxidation sites excluding steroid dienone is 1. The molecule has 0 unspecified atom stereocenters. The third-order valence-electron chi connectivity index (χ3n) is 2.85. The fraction of sp³-hybridized carbons (Fsp3) is 0.636. The number of ketones is 2. The first kappa shape index (κ1) is 10.2. The van der Waals surface area contributed by atoms with Crippen molar-refractivity contribution in [3.8, 4) is 0 Å². The minimum Gasteiger partial charge on any atom is -0.477 e. The molecule has 0 aromatic heterocycles. The lowest BCUT2D eigenvalue weighted by Gasteiger charge is -2.19.